The van der Waals surface area contributed by atoms with Gasteiger partial charge < -0.3 is 5.32 Å². The van der Waals surface area contributed by atoms with E-state index in [1.165, 1.54) is 0 Å². The van der Waals surface area contributed by atoms with Crippen LogP contribution < -0.4 is 5.32 Å². The zero-order valence-corrected chi connectivity index (χ0v) is 10.4. The second-order valence-electron chi connectivity index (χ2n) is 4.55. The Morgan fingerprint density at radius 2 is 1.94 bits per heavy atom. The molecule has 1 heterocycles. The van der Waals surface area contributed by atoms with Crippen LogP contribution in [-0.2, 0) is 9.84 Å². The molecule has 2 unspecified atom stereocenters. The molecule has 16 heavy (non-hydrogen) atoms. The number of aryl methyl sites for hydroxylation is 1. The minimum atomic E-state index is -2.91. The number of rotatable bonds is 1. The number of nitrogens with one attached hydrogen (secondary N) is 1. The lowest BCUT2D eigenvalue weighted by atomic mass is 10.0. The van der Waals surface area contributed by atoms with E-state index in [9.17, 15) is 8.42 Å². The fraction of sp³-hybridized carbons (Fsp3) is 0.500. The average molecular weight is 239 g/mol. The molecule has 2 rings (SSSR count). The Labute approximate surface area is 96.8 Å². The van der Waals surface area contributed by atoms with Crippen molar-refractivity contribution in [2.45, 2.75) is 25.9 Å². The molecule has 0 aliphatic carbocycles. The van der Waals surface area contributed by atoms with E-state index >= 15 is 0 Å². The molecule has 88 valence electrons. The molecule has 1 aliphatic heterocycles. The van der Waals surface area contributed by atoms with Crippen LogP contribution >= 0.6 is 0 Å². The molecule has 1 aromatic carbocycles. The number of benzene rings is 1. The molecule has 0 radical (unpaired) electrons. The monoisotopic (exact) mass is 239 g/mol. The Bertz CT molecular complexity index is 482. The summed E-state index contributed by atoms with van der Waals surface area (Å²) >= 11 is 0. The third-order valence-electron chi connectivity index (χ3n) is 2.97. The Kier molecular flexibility index (Phi) is 3.04. The van der Waals surface area contributed by atoms with Crippen molar-refractivity contribution >= 4 is 9.84 Å². The fourth-order valence-corrected chi connectivity index (χ4v) is 4.08. The van der Waals surface area contributed by atoms with Crippen molar-refractivity contribution in [3.05, 3.63) is 35.4 Å². The van der Waals surface area contributed by atoms with Gasteiger partial charge in [-0.2, -0.15) is 0 Å². The SMILES string of the molecule is Cc1ccccc1C1CS(=O)(=O)CC(C)N1. The first-order chi connectivity index (χ1) is 7.48. The summed E-state index contributed by atoms with van der Waals surface area (Å²) in [5.74, 6) is 0.456. The second kappa shape index (κ2) is 4.18. The van der Waals surface area contributed by atoms with E-state index in [1.807, 2.05) is 38.1 Å². The lowest BCUT2D eigenvalue weighted by Crippen LogP contribution is -2.45. The minimum absolute atomic E-state index is 0.0309. The maximum Gasteiger partial charge on any atom is 0.153 e. The summed E-state index contributed by atoms with van der Waals surface area (Å²) in [6.45, 7) is 3.94. The first-order valence-electron chi connectivity index (χ1n) is 5.50. The molecule has 2 atom stereocenters. The van der Waals surface area contributed by atoms with Crippen molar-refractivity contribution in [3.8, 4) is 0 Å². The lowest BCUT2D eigenvalue weighted by molar-refractivity contribution is 0.467. The van der Waals surface area contributed by atoms with E-state index in [4.69, 9.17) is 0 Å². The molecule has 3 nitrogen and oxygen atoms in total. The van der Waals surface area contributed by atoms with E-state index in [0.29, 0.717) is 0 Å². The van der Waals surface area contributed by atoms with Crippen molar-refractivity contribution in [2.75, 3.05) is 11.5 Å². The standard InChI is InChI=1S/C12H17NO2S/c1-9-5-3-4-6-11(9)12-8-16(14,15)7-10(2)13-12/h3-6,10,12-13H,7-8H2,1-2H3. The Balaban J connectivity index is 2.32. The van der Waals surface area contributed by atoms with Gasteiger partial charge in [-0.1, -0.05) is 24.3 Å². The minimum Gasteiger partial charge on any atom is -0.306 e. The number of hydrogen-bond acceptors (Lipinski definition) is 3. The average Bonchev–Trinajstić information content (AvgIpc) is 2.15. The maximum atomic E-state index is 11.7. The van der Waals surface area contributed by atoms with Gasteiger partial charge in [0, 0.05) is 12.1 Å². The van der Waals surface area contributed by atoms with Crippen LogP contribution in [0.5, 0.6) is 0 Å². The molecule has 4 heteroatoms. The largest absolute Gasteiger partial charge is 0.306 e. The highest BCUT2D eigenvalue weighted by molar-refractivity contribution is 7.91. The molecule has 0 saturated carbocycles. The molecule has 1 N–H and O–H groups in total. The van der Waals surface area contributed by atoms with Gasteiger partial charge in [0.15, 0.2) is 9.84 Å². The molecule has 0 bridgehead atoms. The summed E-state index contributed by atoms with van der Waals surface area (Å²) in [5.41, 5.74) is 2.24. The second-order valence-corrected chi connectivity index (χ2v) is 6.71. The van der Waals surface area contributed by atoms with Gasteiger partial charge in [-0.05, 0) is 25.0 Å². The van der Waals surface area contributed by atoms with E-state index < -0.39 is 9.84 Å². The van der Waals surface area contributed by atoms with Gasteiger partial charge in [0.05, 0.1) is 11.5 Å². The third-order valence-corrected chi connectivity index (χ3v) is 4.82. The molecular weight excluding hydrogens is 222 g/mol. The molecule has 1 aromatic rings. The van der Waals surface area contributed by atoms with E-state index in [1.54, 1.807) is 0 Å². The molecule has 1 saturated heterocycles. The summed E-state index contributed by atoms with van der Waals surface area (Å²) in [7, 11) is -2.91. The highest BCUT2D eigenvalue weighted by Crippen LogP contribution is 2.23. The van der Waals surface area contributed by atoms with Crippen LogP contribution in [0.3, 0.4) is 0 Å². The van der Waals surface area contributed by atoms with E-state index in [2.05, 4.69) is 5.32 Å². The highest BCUT2D eigenvalue weighted by Gasteiger charge is 2.30. The predicted molar refractivity (Wildman–Crippen MR) is 65.2 cm³/mol. The topological polar surface area (TPSA) is 46.2 Å². The van der Waals surface area contributed by atoms with Crippen LogP contribution in [0.1, 0.15) is 24.1 Å². The summed E-state index contributed by atoms with van der Waals surface area (Å²) in [6.07, 6.45) is 0. The zero-order chi connectivity index (χ0) is 11.8. The van der Waals surface area contributed by atoms with Gasteiger partial charge in [-0.25, -0.2) is 8.42 Å². The zero-order valence-electron chi connectivity index (χ0n) is 9.60. The Morgan fingerprint density at radius 3 is 2.56 bits per heavy atom. The quantitative estimate of drug-likeness (QED) is 0.806. The van der Waals surface area contributed by atoms with Crippen molar-refractivity contribution < 1.29 is 8.42 Å². The Morgan fingerprint density at radius 1 is 1.25 bits per heavy atom. The van der Waals surface area contributed by atoms with Gasteiger partial charge in [-0.15, -0.1) is 0 Å². The summed E-state index contributed by atoms with van der Waals surface area (Å²) in [4.78, 5) is 0. The number of hydrogen-bond donors (Lipinski definition) is 1. The number of sulfone groups is 1. The summed E-state index contributed by atoms with van der Waals surface area (Å²) in [5, 5.41) is 3.35. The molecule has 0 aromatic heterocycles. The van der Waals surface area contributed by atoms with Crippen LogP contribution in [0.15, 0.2) is 24.3 Å². The van der Waals surface area contributed by atoms with Gasteiger partial charge in [0.2, 0.25) is 0 Å². The first-order valence-corrected chi connectivity index (χ1v) is 7.32. The highest BCUT2D eigenvalue weighted by atomic mass is 32.2. The Hall–Kier alpha value is -0.870. The molecule has 0 spiro atoms. The summed E-state index contributed by atoms with van der Waals surface area (Å²) < 4.78 is 23.4. The molecule has 1 aliphatic rings. The third kappa shape index (κ3) is 2.44. The van der Waals surface area contributed by atoms with Gasteiger partial charge in [0.1, 0.15) is 0 Å². The maximum absolute atomic E-state index is 11.7. The van der Waals surface area contributed by atoms with Gasteiger partial charge in [0.25, 0.3) is 0 Å². The van der Waals surface area contributed by atoms with Crippen LogP contribution in [0.2, 0.25) is 0 Å². The van der Waals surface area contributed by atoms with Crippen LogP contribution in [-0.4, -0.2) is 26.0 Å². The van der Waals surface area contributed by atoms with Crippen molar-refractivity contribution in [1.82, 2.24) is 5.32 Å². The predicted octanol–water partition coefficient (Wildman–Crippen LogP) is 1.44. The van der Waals surface area contributed by atoms with Gasteiger partial charge in [-0.3, -0.25) is 0 Å². The summed E-state index contributed by atoms with van der Waals surface area (Å²) in [6, 6.07) is 7.91. The normalized spacial score (nSPS) is 28.9. The van der Waals surface area contributed by atoms with Crippen LogP contribution in [0.4, 0.5) is 0 Å². The van der Waals surface area contributed by atoms with Crippen LogP contribution in [0, 0.1) is 6.92 Å². The smallest absolute Gasteiger partial charge is 0.153 e. The molecule has 1 fully saturated rings. The van der Waals surface area contributed by atoms with Crippen molar-refractivity contribution in [3.63, 3.8) is 0 Å². The van der Waals surface area contributed by atoms with Crippen LogP contribution in [0.25, 0.3) is 0 Å². The first kappa shape index (κ1) is 11.6. The lowest BCUT2D eigenvalue weighted by Gasteiger charge is -2.29. The van der Waals surface area contributed by atoms with Crippen molar-refractivity contribution in [2.24, 2.45) is 0 Å². The van der Waals surface area contributed by atoms with Gasteiger partial charge >= 0.3 is 0 Å². The molecular formula is C12H17NO2S. The van der Waals surface area contributed by atoms with Crippen molar-refractivity contribution in [1.29, 1.82) is 0 Å². The molecule has 0 amide bonds. The fourth-order valence-electron chi connectivity index (χ4n) is 2.30. The van der Waals surface area contributed by atoms with E-state index in [0.717, 1.165) is 11.1 Å². The van der Waals surface area contributed by atoms with E-state index in [-0.39, 0.29) is 23.6 Å².